The lowest BCUT2D eigenvalue weighted by molar-refractivity contribution is 0.286. The first kappa shape index (κ1) is 14.9. The zero-order valence-corrected chi connectivity index (χ0v) is 13.2. The van der Waals surface area contributed by atoms with Crippen molar-refractivity contribution < 1.29 is 13.9 Å². The molecule has 0 saturated heterocycles. The molecule has 1 aliphatic carbocycles. The molecular formula is C18H22O4. The highest BCUT2D eigenvalue weighted by molar-refractivity contribution is 5.88. The van der Waals surface area contributed by atoms with E-state index in [4.69, 9.17) is 13.9 Å². The van der Waals surface area contributed by atoms with E-state index in [1.807, 2.05) is 12.1 Å². The van der Waals surface area contributed by atoms with Crippen LogP contribution in [0.4, 0.5) is 0 Å². The quantitative estimate of drug-likeness (QED) is 0.621. The van der Waals surface area contributed by atoms with E-state index in [2.05, 4.69) is 6.92 Å². The van der Waals surface area contributed by atoms with Gasteiger partial charge in [0.15, 0.2) is 11.3 Å². The van der Waals surface area contributed by atoms with Gasteiger partial charge in [-0.05, 0) is 49.8 Å². The first-order chi connectivity index (χ1) is 10.8. The van der Waals surface area contributed by atoms with E-state index in [9.17, 15) is 4.79 Å². The highest BCUT2D eigenvalue weighted by Gasteiger charge is 2.21. The third-order valence-electron chi connectivity index (χ3n) is 4.27. The maximum absolute atomic E-state index is 12.3. The molecule has 0 amide bonds. The van der Waals surface area contributed by atoms with Crippen LogP contribution < -0.4 is 15.1 Å². The number of fused-ring (bicyclic) bond motifs is 3. The Bertz CT molecular complexity index is 730. The van der Waals surface area contributed by atoms with E-state index >= 15 is 0 Å². The third kappa shape index (κ3) is 2.58. The minimum atomic E-state index is -0.226. The van der Waals surface area contributed by atoms with Gasteiger partial charge in [-0.1, -0.05) is 13.3 Å². The minimum absolute atomic E-state index is 0.226. The van der Waals surface area contributed by atoms with Crippen molar-refractivity contribution in [3.05, 3.63) is 33.7 Å². The van der Waals surface area contributed by atoms with Crippen molar-refractivity contribution in [2.24, 2.45) is 0 Å². The topological polar surface area (TPSA) is 48.7 Å². The highest BCUT2D eigenvalue weighted by atomic mass is 16.5. The first-order valence-electron chi connectivity index (χ1n) is 8.04. The predicted molar refractivity (Wildman–Crippen MR) is 86.1 cm³/mol. The van der Waals surface area contributed by atoms with Crippen LogP contribution in [0.5, 0.6) is 11.5 Å². The van der Waals surface area contributed by atoms with Gasteiger partial charge in [0.25, 0.3) is 0 Å². The Hall–Kier alpha value is -1.97. The molecule has 0 aliphatic heterocycles. The summed E-state index contributed by atoms with van der Waals surface area (Å²) >= 11 is 0. The van der Waals surface area contributed by atoms with E-state index < -0.39 is 0 Å². The van der Waals surface area contributed by atoms with Crippen molar-refractivity contribution in [2.75, 3.05) is 13.7 Å². The van der Waals surface area contributed by atoms with Crippen molar-refractivity contribution in [3.63, 3.8) is 0 Å². The normalized spacial score (nSPS) is 13.9. The molecular weight excluding hydrogens is 280 g/mol. The summed E-state index contributed by atoms with van der Waals surface area (Å²) in [6.07, 6.45) is 5.91. The number of rotatable bonds is 5. The van der Waals surface area contributed by atoms with Crippen LogP contribution in [0.25, 0.3) is 11.0 Å². The van der Waals surface area contributed by atoms with Gasteiger partial charge in [0.05, 0.1) is 13.7 Å². The Morgan fingerprint density at radius 3 is 2.68 bits per heavy atom. The van der Waals surface area contributed by atoms with Gasteiger partial charge in [0.1, 0.15) is 0 Å². The van der Waals surface area contributed by atoms with Crippen LogP contribution in [-0.4, -0.2) is 13.7 Å². The summed E-state index contributed by atoms with van der Waals surface area (Å²) < 4.78 is 16.9. The zero-order valence-electron chi connectivity index (χ0n) is 13.2. The molecule has 0 spiro atoms. The Balaban J connectivity index is 2.18. The molecule has 0 radical (unpaired) electrons. The third-order valence-corrected chi connectivity index (χ3v) is 4.27. The van der Waals surface area contributed by atoms with Gasteiger partial charge in [-0.3, -0.25) is 0 Å². The second kappa shape index (κ2) is 6.42. The van der Waals surface area contributed by atoms with Crippen LogP contribution in [0.1, 0.15) is 43.7 Å². The molecule has 0 atom stereocenters. The molecule has 118 valence electrons. The van der Waals surface area contributed by atoms with E-state index in [1.54, 1.807) is 7.11 Å². The van der Waals surface area contributed by atoms with Crippen LogP contribution in [0, 0.1) is 0 Å². The van der Waals surface area contributed by atoms with Crippen molar-refractivity contribution in [3.8, 4) is 11.5 Å². The van der Waals surface area contributed by atoms with Crippen molar-refractivity contribution in [2.45, 2.75) is 45.4 Å². The number of methoxy groups -OCH3 is 1. The van der Waals surface area contributed by atoms with Gasteiger partial charge >= 0.3 is 5.63 Å². The maximum Gasteiger partial charge on any atom is 0.339 e. The summed E-state index contributed by atoms with van der Waals surface area (Å²) in [5.41, 5.74) is 2.26. The van der Waals surface area contributed by atoms with Crippen molar-refractivity contribution >= 4 is 11.0 Å². The standard InChI is InChI=1S/C18H22O4/c1-3-4-11-21-17-15(20-2)10-9-13-12-7-5-6-8-14(12)18(19)22-16(13)17/h9-10H,3-8,11H2,1-2H3. The monoisotopic (exact) mass is 302 g/mol. The average Bonchev–Trinajstić information content (AvgIpc) is 2.55. The number of benzene rings is 1. The number of unbranched alkanes of at least 4 members (excludes halogenated alkanes) is 1. The van der Waals surface area contributed by atoms with Gasteiger partial charge in [-0.2, -0.15) is 0 Å². The van der Waals surface area contributed by atoms with Gasteiger partial charge in [-0.15, -0.1) is 0 Å². The molecule has 2 aromatic rings. The second-order valence-electron chi connectivity index (χ2n) is 5.73. The molecule has 22 heavy (non-hydrogen) atoms. The van der Waals surface area contributed by atoms with Crippen LogP contribution in [0.2, 0.25) is 0 Å². The molecule has 0 fully saturated rings. The molecule has 0 bridgehead atoms. The lowest BCUT2D eigenvalue weighted by Gasteiger charge is -2.18. The molecule has 3 rings (SSSR count). The average molecular weight is 302 g/mol. The fourth-order valence-corrected chi connectivity index (χ4v) is 3.08. The second-order valence-corrected chi connectivity index (χ2v) is 5.73. The molecule has 4 nitrogen and oxygen atoms in total. The summed E-state index contributed by atoms with van der Waals surface area (Å²) in [6, 6.07) is 3.88. The Labute approximate surface area is 130 Å². The van der Waals surface area contributed by atoms with E-state index in [1.165, 1.54) is 0 Å². The predicted octanol–water partition coefficient (Wildman–Crippen LogP) is 3.86. The lowest BCUT2D eigenvalue weighted by Crippen LogP contribution is -2.16. The zero-order chi connectivity index (χ0) is 15.5. The molecule has 1 heterocycles. The lowest BCUT2D eigenvalue weighted by atomic mass is 9.90. The van der Waals surface area contributed by atoms with Gasteiger partial charge in [0.2, 0.25) is 5.75 Å². The fraction of sp³-hybridized carbons (Fsp3) is 0.500. The van der Waals surface area contributed by atoms with Crippen molar-refractivity contribution in [1.29, 1.82) is 0 Å². The summed E-state index contributed by atoms with van der Waals surface area (Å²) in [7, 11) is 1.60. The maximum atomic E-state index is 12.3. The van der Waals surface area contributed by atoms with Crippen LogP contribution in [0.3, 0.4) is 0 Å². The number of hydrogen-bond acceptors (Lipinski definition) is 4. The summed E-state index contributed by atoms with van der Waals surface area (Å²) in [4.78, 5) is 12.3. The Kier molecular flexibility index (Phi) is 4.36. The summed E-state index contributed by atoms with van der Waals surface area (Å²) in [5, 5.41) is 0.988. The number of hydrogen-bond donors (Lipinski definition) is 0. The molecule has 0 unspecified atom stereocenters. The number of aryl methyl sites for hydroxylation is 1. The van der Waals surface area contributed by atoms with Gasteiger partial charge in [-0.25, -0.2) is 4.79 Å². The Morgan fingerprint density at radius 2 is 1.95 bits per heavy atom. The SMILES string of the molecule is CCCCOc1c(OC)ccc2c3c(c(=O)oc12)CCCC3. The molecule has 1 aromatic carbocycles. The fourth-order valence-electron chi connectivity index (χ4n) is 3.08. The van der Waals surface area contributed by atoms with Gasteiger partial charge < -0.3 is 13.9 Å². The highest BCUT2D eigenvalue weighted by Crippen LogP contribution is 2.38. The van der Waals surface area contributed by atoms with E-state index in [-0.39, 0.29) is 5.63 Å². The number of ether oxygens (including phenoxy) is 2. The largest absolute Gasteiger partial charge is 0.493 e. The van der Waals surface area contributed by atoms with E-state index in [0.717, 1.165) is 55.0 Å². The first-order valence-corrected chi connectivity index (χ1v) is 8.04. The van der Waals surface area contributed by atoms with Gasteiger partial charge in [0, 0.05) is 10.9 Å². The molecule has 0 N–H and O–H groups in total. The molecule has 1 aliphatic rings. The summed E-state index contributed by atoms with van der Waals surface area (Å²) in [5.74, 6) is 1.17. The van der Waals surface area contributed by atoms with Crippen LogP contribution in [-0.2, 0) is 12.8 Å². The van der Waals surface area contributed by atoms with E-state index in [0.29, 0.717) is 23.7 Å². The Morgan fingerprint density at radius 1 is 1.18 bits per heavy atom. The summed E-state index contributed by atoms with van der Waals surface area (Å²) in [6.45, 7) is 2.70. The molecule has 0 saturated carbocycles. The van der Waals surface area contributed by atoms with Crippen molar-refractivity contribution in [1.82, 2.24) is 0 Å². The molecule has 1 aromatic heterocycles. The van der Waals surface area contributed by atoms with Crippen LogP contribution in [0.15, 0.2) is 21.3 Å². The molecule has 4 heteroatoms. The minimum Gasteiger partial charge on any atom is -0.493 e. The van der Waals surface area contributed by atoms with Crippen LogP contribution >= 0.6 is 0 Å². The smallest absolute Gasteiger partial charge is 0.339 e.